The molecule has 0 saturated carbocycles. The summed E-state index contributed by atoms with van der Waals surface area (Å²) < 4.78 is 0. The Bertz CT molecular complexity index is 738. The minimum Gasteiger partial charge on any atom is -0.338 e. The highest BCUT2D eigenvalue weighted by Gasteiger charge is 2.25. The first-order valence-corrected chi connectivity index (χ1v) is 7.79. The van der Waals surface area contributed by atoms with Crippen molar-refractivity contribution in [1.82, 2.24) is 9.88 Å². The molecule has 1 fully saturated rings. The summed E-state index contributed by atoms with van der Waals surface area (Å²) in [6.45, 7) is 1.23. The fraction of sp³-hybridized carbons (Fsp3) is 0.412. The van der Waals surface area contributed by atoms with Crippen LogP contribution < -0.4 is 11.3 Å². The molecule has 2 heterocycles. The number of likely N-dealkylation sites (tertiary alicyclic amines) is 1. The van der Waals surface area contributed by atoms with Crippen LogP contribution in [-0.2, 0) is 11.2 Å². The quantitative estimate of drug-likeness (QED) is 0.899. The number of benzene rings is 1. The molecule has 2 aromatic rings. The number of nitrogens with zero attached hydrogens (tertiary/aromatic N) is 1. The Hall–Kier alpha value is -2.14. The monoisotopic (exact) mass is 299 g/mol. The molecule has 1 aliphatic heterocycles. The Morgan fingerprint density at radius 3 is 2.95 bits per heavy atom. The SMILES string of the molecule is NC[C@@H]1CCCCN1C(=O)Cc1cc2ccccc2[nH]c1=O. The van der Waals surface area contributed by atoms with E-state index in [1.807, 2.05) is 35.2 Å². The predicted molar refractivity (Wildman–Crippen MR) is 86.7 cm³/mol. The lowest BCUT2D eigenvalue weighted by molar-refractivity contribution is -0.133. The average molecular weight is 299 g/mol. The van der Waals surface area contributed by atoms with Gasteiger partial charge in [0.15, 0.2) is 0 Å². The summed E-state index contributed by atoms with van der Waals surface area (Å²) in [5.74, 6) is -0.00377. The van der Waals surface area contributed by atoms with Crippen molar-refractivity contribution in [3.05, 3.63) is 46.2 Å². The molecule has 0 unspecified atom stereocenters. The second-order valence-corrected chi connectivity index (χ2v) is 5.86. The van der Waals surface area contributed by atoms with Crippen LogP contribution in [0.25, 0.3) is 10.9 Å². The van der Waals surface area contributed by atoms with Crippen molar-refractivity contribution in [2.75, 3.05) is 13.1 Å². The van der Waals surface area contributed by atoms with E-state index in [0.717, 1.165) is 36.7 Å². The number of amides is 1. The Labute approximate surface area is 129 Å². The molecule has 3 rings (SSSR count). The summed E-state index contributed by atoms with van der Waals surface area (Å²) in [5.41, 5.74) is 6.89. The fourth-order valence-electron chi connectivity index (χ4n) is 3.16. The third-order valence-electron chi connectivity index (χ3n) is 4.39. The number of pyridine rings is 1. The van der Waals surface area contributed by atoms with E-state index in [1.54, 1.807) is 0 Å². The first-order chi connectivity index (χ1) is 10.7. The molecule has 1 aromatic carbocycles. The molecule has 5 nitrogen and oxygen atoms in total. The number of nitrogens with two attached hydrogens (primary N) is 1. The molecule has 0 aliphatic carbocycles. The van der Waals surface area contributed by atoms with Gasteiger partial charge in [-0.15, -0.1) is 0 Å². The fourth-order valence-corrected chi connectivity index (χ4v) is 3.16. The van der Waals surface area contributed by atoms with Gasteiger partial charge >= 0.3 is 0 Å². The zero-order chi connectivity index (χ0) is 15.5. The molecule has 1 atom stereocenters. The molecule has 0 radical (unpaired) electrons. The van der Waals surface area contributed by atoms with Gasteiger partial charge < -0.3 is 15.6 Å². The number of hydrogen-bond donors (Lipinski definition) is 2. The van der Waals surface area contributed by atoms with Crippen molar-refractivity contribution < 1.29 is 4.79 Å². The number of piperidine rings is 1. The molecule has 1 saturated heterocycles. The van der Waals surface area contributed by atoms with Crippen LogP contribution in [0, 0.1) is 0 Å². The Balaban J connectivity index is 1.84. The first kappa shape index (κ1) is 14.8. The van der Waals surface area contributed by atoms with E-state index < -0.39 is 0 Å². The van der Waals surface area contributed by atoms with Crippen LogP contribution in [0.2, 0.25) is 0 Å². The van der Waals surface area contributed by atoms with Crippen LogP contribution in [0.4, 0.5) is 0 Å². The number of carbonyl (C=O) groups excluding carboxylic acids is 1. The number of fused-ring (bicyclic) bond motifs is 1. The van der Waals surface area contributed by atoms with Crippen molar-refractivity contribution >= 4 is 16.8 Å². The Kier molecular flexibility index (Phi) is 4.24. The molecule has 1 aromatic heterocycles. The summed E-state index contributed by atoms with van der Waals surface area (Å²) >= 11 is 0. The van der Waals surface area contributed by atoms with Crippen molar-refractivity contribution in [1.29, 1.82) is 0 Å². The van der Waals surface area contributed by atoms with Gasteiger partial charge in [-0.3, -0.25) is 9.59 Å². The molecule has 3 N–H and O–H groups in total. The van der Waals surface area contributed by atoms with E-state index in [0.29, 0.717) is 12.1 Å². The topological polar surface area (TPSA) is 79.2 Å². The van der Waals surface area contributed by atoms with Gasteiger partial charge in [0.25, 0.3) is 5.56 Å². The van der Waals surface area contributed by atoms with Gasteiger partial charge in [0, 0.05) is 30.2 Å². The number of H-pyrrole nitrogens is 1. The maximum absolute atomic E-state index is 12.5. The minimum atomic E-state index is -0.187. The molecule has 0 bridgehead atoms. The summed E-state index contributed by atoms with van der Waals surface area (Å²) in [6.07, 6.45) is 3.21. The van der Waals surface area contributed by atoms with Gasteiger partial charge in [-0.05, 0) is 36.8 Å². The summed E-state index contributed by atoms with van der Waals surface area (Å²) in [4.78, 5) is 29.4. The summed E-state index contributed by atoms with van der Waals surface area (Å²) in [6, 6.07) is 9.51. The molecular weight excluding hydrogens is 278 g/mol. The smallest absolute Gasteiger partial charge is 0.252 e. The van der Waals surface area contributed by atoms with E-state index in [1.165, 1.54) is 0 Å². The Morgan fingerprint density at radius 1 is 1.32 bits per heavy atom. The van der Waals surface area contributed by atoms with E-state index in [4.69, 9.17) is 5.73 Å². The van der Waals surface area contributed by atoms with Crippen LogP contribution in [0.15, 0.2) is 35.1 Å². The van der Waals surface area contributed by atoms with Crippen LogP contribution >= 0.6 is 0 Å². The zero-order valence-electron chi connectivity index (χ0n) is 12.5. The van der Waals surface area contributed by atoms with E-state index in [9.17, 15) is 9.59 Å². The number of nitrogens with one attached hydrogen (secondary N) is 1. The van der Waals surface area contributed by atoms with Crippen LogP contribution in [0.3, 0.4) is 0 Å². The summed E-state index contributed by atoms with van der Waals surface area (Å²) in [5, 5.41) is 0.943. The predicted octanol–water partition coefficient (Wildman–Crippen LogP) is 1.41. The van der Waals surface area contributed by atoms with Gasteiger partial charge in [0.2, 0.25) is 5.91 Å². The lowest BCUT2D eigenvalue weighted by atomic mass is 10.0. The maximum Gasteiger partial charge on any atom is 0.252 e. The highest BCUT2D eigenvalue weighted by atomic mass is 16.2. The number of hydrogen-bond acceptors (Lipinski definition) is 3. The largest absolute Gasteiger partial charge is 0.338 e. The first-order valence-electron chi connectivity index (χ1n) is 7.79. The third kappa shape index (κ3) is 2.90. The molecule has 22 heavy (non-hydrogen) atoms. The van der Waals surface area contributed by atoms with Crippen molar-refractivity contribution in [3.8, 4) is 0 Å². The van der Waals surface area contributed by atoms with Crippen molar-refractivity contribution in [2.24, 2.45) is 5.73 Å². The van der Waals surface area contributed by atoms with Gasteiger partial charge in [0.1, 0.15) is 0 Å². The van der Waals surface area contributed by atoms with Crippen molar-refractivity contribution in [2.45, 2.75) is 31.7 Å². The second-order valence-electron chi connectivity index (χ2n) is 5.86. The molecular formula is C17H21N3O2. The number of para-hydroxylation sites is 1. The third-order valence-corrected chi connectivity index (χ3v) is 4.39. The van der Waals surface area contributed by atoms with E-state index in [2.05, 4.69) is 4.98 Å². The average Bonchev–Trinajstić information content (AvgIpc) is 2.55. The van der Waals surface area contributed by atoms with Gasteiger partial charge in [-0.2, -0.15) is 0 Å². The van der Waals surface area contributed by atoms with Crippen LogP contribution in [0.5, 0.6) is 0 Å². The Morgan fingerprint density at radius 2 is 2.14 bits per heavy atom. The normalized spacial score (nSPS) is 18.6. The molecule has 1 amide bonds. The van der Waals surface area contributed by atoms with E-state index in [-0.39, 0.29) is 23.9 Å². The molecule has 0 spiro atoms. The zero-order valence-corrected chi connectivity index (χ0v) is 12.5. The van der Waals surface area contributed by atoms with E-state index >= 15 is 0 Å². The number of rotatable bonds is 3. The molecule has 116 valence electrons. The highest BCUT2D eigenvalue weighted by molar-refractivity contribution is 5.82. The van der Waals surface area contributed by atoms with Gasteiger partial charge in [0.05, 0.1) is 6.42 Å². The molecule has 5 heteroatoms. The van der Waals surface area contributed by atoms with Gasteiger partial charge in [-0.1, -0.05) is 18.2 Å². The van der Waals surface area contributed by atoms with Gasteiger partial charge in [-0.25, -0.2) is 0 Å². The minimum absolute atomic E-state index is 0.00377. The van der Waals surface area contributed by atoms with Crippen LogP contribution in [0.1, 0.15) is 24.8 Å². The standard InChI is InChI=1S/C17H21N3O2/c18-11-14-6-3-4-8-20(14)16(21)10-13-9-12-5-1-2-7-15(12)19-17(13)22/h1-2,5,7,9,14H,3-4,6,8,10-11,18H2,(H,19,22)/t14-/m0/s1. The molecule has 1 aliphatic rings. The highest BCUT2D eigenvalue weighted by Crippen LogP contribution is 2.18. The second kappa shape index (κ2) is 6.32. The summed E-state index contributed by atoms with van der Waals surface area (Å²) in [7, 11) is 0. The maximum atomic E-state index is 12.5. The number of aromatic amines is 1. The van der Waals surface area contributed by atoms with Crippen LogP contribution in [-0.4, -0.2) is 34.9 Å². The lowest BCUT2D eigenvalue weighted by Crippen LogP contribution is -2.48. The number of carbonyl (C=O) groups is 1. The number of aromatic nitrogens is 1. The lowest BCUT2D eigenvalue weighted by Gasteiger charge is -2.35. The van der Waals surface area contributed by atoms with Crippen molar-refractivity contribution in [3.63, 3.8) is 0 Å².